The molecule has 0 saturated carbocycles. The quantitative estimate of drug-likeness (QED) is 0.0346. The van der Waals surface area contributed by atoms with Gasteiger partial charge in [-0.05, 0) is 25.2 Å². The standard InChI is InChI=1S/C52H100O6/c1-5-8-10-12-14-16-17-18-19-20-21-22-23-24-25-27-33-37-41-45-52(55)58-49(46-56-50(53)43-39-35-31-26-15-13-11-9-6-2)47-57-51(54)44-40-36-32-29-28-30-34-38-42-48(4)7-3/h48-49H,5-47H2,1-4H3/t48?,49-/m0/s1. The Morgan fingerprint density at radius 1 is 0.345 bits per heavy atom. The van der Waals surface area contributed by atoms with Gasteiger partial charge in [0.15, 0.2) is 6.10 Å². The third kappa shape index (κ3) is 44.0. The second-order valence-corrected chi connectivity index (χ2v) is 18.1. The summed E-state index contributed by atoms with van der Waals surface area (Å²) < 4.78 is 16.8. The largest absolute Gasteiger partial charge is 0.462 e. The second-order valence-electron chi connectivity index (χ2n) is 18.1. The Morgan fingerprint density at radius 3 is 0.897 bits per heavy atom. The molecule has 6 nitrogen and oxygen atoms in total. The third-order valence-corrected chi connectivity index (χ3v) is 12.2. The van der Waals surface area contributed by atoms with Gasteiger partial charge in [-0.25, -0.2) is 0 Å². The first kappa shape index (κ1) is 56.4. The minimum atomic E-state index is -0.760. The molecule has 0 bridgehead atoms. The van der Waals surface area contributed by atoms with E-state index in [2.05, 4.69) is 27.7 Å². The van der Waals surface area contributed by atoms with Gasteiger partial charge in [0.05, 0.1) is 0 Å². The SMILES string of the molecule is CCCCCCCCCCCCCCCCCCCCCC(=O)O[C@@H](COC(=O)CCCCCCCCCCC)COC(=O)CCCCCCCCCCC(C)CC. The Hall–Kier alpha value is -1.59. The smallest absolute Gasteiger partial charge is 0.306 e. The van der Waals surface area contributed by atoms with Gasteiger partial charge in [0.2, 0.25) is 0 Å². The lowest BCUT2D eigenvalue weighted by atomic mass is 9.99. The highest BCUT2D eigenvalue weighted by Crippen LogP contribution is 2.17. The lowest BCUT2D eigenvalue weighted by Gasteiger charge is -2.18. The Balaban J connectivity index is 4.24. The molecule has 58 heavy (non-hydrogen) atoms. The summed E-state index contributed by atoms with van der Waals surface area (Å²) in [4.78, 5) is 37.8. The summed E-state index contributed by atoms with van der Waals surface area (Å²) in [6, 6.07) is 0. The molecule has 0 aliphatic rings. The summed E-state index contributed by atoms with van der Waals surface area (Å²) in [5.41, 5.74) is 0. The van der Waals surface area contributed by atoms with E-state index in [1.807, 2.05) is 0 Å². The molecule has 344 valence electrons. The van der Waals surface area contributed by atoms with Crippen molar-refractivity contribution in [1.82, 2.24) is 0 Å². The van der Waals surface area contributed by atoms with Crippen LogP contribution >= 0.6 is 0 Å². The van der Waals surface area contributed by atoms with Crippen LogP contribution in [-0.4, -0.2) is 37.2 Å². The van der Waals surface area contributed by atoms with E-state index in [0.29, 0.717) is 19.3 Å². The van der Waals surface area contributed by atoms with Gasteiger partial charge in [-0.2, -0.15) is 0 Å². The number of esters is 3. The van der Waals surface area contributed by atoms with Crippen molar-refractivity contribution in [3.8, 4) is 0 Å². The molecule has 0 N–H and O–H groups in total. The minimum Gasteiger partial charge on any atom is -0.462 e. The van der Waals surface area contributed by atoms with Crippen LogP contribution in [0.4, 0.5) is 0 Å². The van der Waals surface area contributed by atoms with E-state index in [4.69, 9.17) is 14.2 Å². The molecule has 1 unspecified atom stereocenters. The van der Waals surface area contributed by atoms with Gasteiger partial charge < -0.3 is 14.2 Å². The van der Waals surface area contributed by atoms with Gasteiger partial charge in [0.25, 0.3) is 0 Å². The number of hydrogen-bond acceptors (Lipinski definition) is 6. The molecular weight excluding hydrogens is 721 g/mol. The summed E-state index contributed by atoms with van der Waals surface area (Å²) in [6.07, 6.45) is 48.1. The van der Waals surface area contributed by atoms with E-state index in [1.54, 1.807) is 0 Å². The van der Waals surface area contributed by atoms with E-state index < -0.39 is 6.10 Å². The fourth-order valence-corrected chi connectivity index (χ4v) is 7.83. The van der Waals surface area contributed by atoms with Crippen LogP contribution in [0.1, 0.15) is 291 Å². The number of carbonyl (C=O) groups excluding carboxylic acids is 3. The molecule has 0 rings (SSSR count). The van der Waals surface area contributed by atoms with Gasteiger partial charge in [-0.15, -0.1) is 0 Å². The normalized spacial score (nSPS) is 12.4. The summed E-state index contributed by atoms with van der Waals surface area (Å²) in [7, 11) is 0. The molecule has 0 saturated heterocycles. The molecule has 0 aromatic rings. The van der Waals surface area contributed by atoms with Crippen LogP contribution in [0.15, 0.2) is 0 Å². The molecule has 0 aromatic heterocycles. The maximum Gasteiger partial charge on any atom is 0.306 e. The van der Waals surface area contributed by atoms with E-state index in [-0.39, 0.29) is 31.1 Å². The molecule has 0 heterocycles. The zero-order valence-corrected chi connectivity index (χ0v) is 39.5. The monoisotopic (exact) mass is 821 g/mol. The fraction of sp³-hybridized carbons (Fsp3) is 0.942. The third-order valence-electron chi connectivity index (χ3n) is 12.2. The van der Waals surface area contributed by atoms with Crippen molar-refractivity contribution < 1.29 is 28.6 Å². The number of unbranched alkanes of at least 4 members (excludes halogenated alkanes) is 33. The second kappa shape index (κ2) is 46.5. The Labute approximate surface area is 361 Å². The van der Waals surface area contributed by atoms with Crippen molar-refractivity contribution in [3.05, 3.63) is 0 Å². The van der Waals surface area contributed by atoms with E-state index in [1.165, 1.54) is 186 Å². The maximum absolute atomic E-state index is 12.8. The van der Waals surface area contributed by atoms with E-state index in [9.17, 15) is 14.4 Å². The van der Waals surface area contributed by atoms with Crippen LogP contribution in [0.25, 0.3) is 0 Å². The van der Waals surface area contributed by atoms with E-state index >= 15 is 0 Å². The number of rotatable bonds is 47. The topological polar surface area (TPSA) is 78.9 Å². The lowest BCUT2D eigenvalue weighted by molar-refractivity contribution is -0.167. The molecule has 0 amide bonds. The molecule has 0 aliphatic carbocycles. The van der Waals surface area contributed by atoms with Crippen LogP contribution in [0.2, 0.25) is 0 Å². The van der Waals surface area contributed by atoms with Gasteiger partial charge in [-0.1, -0.05) is 252 Å². The summed E-state index contributed by atoms with van der Waals surface area (Å²) in [5, 5.41) is 0. The average Bonchev–Trinajstić information content (AvgIpc) is 3.22. The Kier molecular flexibility index (Phi) is 45.2. The number of ether oxygens (including phenoxy) is 3. The van der Waals surface area contributed by atoms with Gasteiger partial charge in [-0.3, -0.25) is 14.4 Å². The predicted molar refractivity (Wildman–Crippen MR) is 247 cm³/mol. The Bertz CT molecular complexity index is 874. The van der Waals surface area contributed by atoms with Crippen LogP contribution in [0.3, 0.4) is 0 Å². The van der Waals surface area contributed by atoms with Crippen LogP contribution < -0.4 is 0 Å². The fourth-order valence-electron chi connectivity index (χ4n) is 7.83. The molecule has 0 fully saturated rings. The maximum atomic E-state index is 12.8. The molecule has 0 spiro atoms. The number of hydrogen-bond donors (Lipinski definition) is 0. The van der Waals surface area contributed by atoms with Crippen molar-refractivity contribution in [1.29, 1.82) is 0 Å². The van der Waals surface area contributed by atoms with Crippen LogP contribution in [0, 0.1) is 5.92 Å². The van der Waals surface area contributed by atoms with Gasteiger partial charge in [0, 0.05) is 19.3 Å². The van der Waals surface area contributed by atoms with Crippen molar-refractivity contribution in [2.24, 2.45) is 5.92 Å². The highest BCUT2D eigenvalue weighted by Gasteiger charge is 2.19. The number of carbonyl (C=O) groups is 3. The molecule has 0 aromatic carbocycles. The van der Waals surface area contributed by atoms with Crippen molar-refractivity contribution in [2.45, 2.75) is 297 Å². The minimum absolute atomic E-state index is 0.0637. The summed E-state index contributed by atoms with van der Waals surface area (Å²) in [5.74, 6) is -0.00173. The van der Waals surface area contributed by atoms with Crippen LogP contribution in [0.5, 0.6) is 0 Å². The molecular formula is C52H100O6. The molecule has 0 radical (unpaired) electrons. The zero-order chi connectivity index (χ0) is 42.4. The van der Waals surface area contributed by atoms with Crippen molar-refractivity contribution >= 4 is 17.9 Å². The van der Waals surface area contributed by atoms with Gasteiger partial charge in [0.1, 0.15) is 13.2 Å². The summed E-state index contributed by atoms with van der Waals surface area (Å²) >= 11 is 0. The van der Waals surface area contributed by atoms with Gasteiger partial charge >= 0.3 is 17.9 Å². The zero-order valence-electron chi connectivity index (χ0n) is 39.5. The lowest BCUT2D eigenvalue weighted by Crippen LogP contribution is -2.30. The van der Waals surface area contributed by atoms with Crippen LogP contribution in [-0.2, 0) is 28.6 Å². The first-order valence-corrected chi connectivity index (χ1v) is 25.9. The van der Waals surface area contributed by atoms with Crippen molar-refractivity contribution in [3.63, 3.8) is 0 Å². The molecule has 0 aliphatic heterocycles. The van der Waals surface area contributed by atoms with Crippen molar-refractivity contribution in [2.75, 3.05) is 13.2 Å². The molecule has 2 atom stereocenters. The average molecular weight is 821 g/mol. The molecule has 6 heteroatoms. The highest BCUT2D eigenvalue weighted by molar-refractivity contribution is 5.71. The first-order valence-electron chi connectivity index (χ1n) is 25.9. The highest BCUT2D eigenvalue weighted by atomic mass is 16.6. The first-order chi connectivity index (χ1) is 28.4. The Morgan fingerprint density at radius 2 is 0.603 bits per heavy atom. The predicted octanol–water partition coefficient (Wildman–Crippen LogP) is 16.7. The van der Waals surface area contributed by atoms with E-state index in [0.717, 1.165) is 63.7 Å². The summed E-state index contributed by atoms with van der Waals surface area (Å²) in [6.45, 7) is 9.01.